The van der Waals surface area contributed by atoms with E-state index < -0.39 is 16.2 Å². The van der Waals surface area contributed by atoms with Gasteiger partial charge in [0.25, 0.3) is 10.2 Å². The van der Waals surface area contributed by atoms with Gasteiger partial charge in [-0.3, -0.25) is 4.72 Å². The lowest BCUT2D eigenvalue weighted by Gasteiger charge is -2.10. The number of esters is 1. The Labute approximate surface area is 123 Å². The van der Waals surface area contributed by atoms with Gasteiger partial charge in [-0.15, -0.1) is 0 Å². The fourth-order valence-electron chi connectivity index (χ4n) is 1.32. The van der Waals surface area contributed by atoms with Gasteiger partial charge >= 0.3 is 5.97 Å². The van der Waals surface area contributed by atoms with Crippen LogP contribution < -0.4 is 14.2 Å². The molecule has 0 fully saturated rings. The van der Waals surface area contributed by atoms with Gasteiger partial charge in [0.15, 0.2) is 6.61 Å². The molecule has 0 spiro atoms. The molecule has 0 saturated carbocycles. The summed E-state index contributed by atoms with van der Waals surface area (Å²) in [5, 5.41) is 0. The molecule has 0 aliphatic heterocycles. The standard InChI is InChI=1S/C12H18N2O6S/c1-18-7-6-13-21(16,17)14-10-4-3-5-11(8-10)20-9-12(15)19-2/h3-5,8,13-14H,6-7,9H2,1-2H3. The van der Waals surface area contributed by atoms with Gasteiger partial charge < -0.3 is 14.2 Å². The van der Waals surface area contributed by atoms with Crippen molar-refractivity contribution in [3.8, 4) is 5.75 Å². The van der Waals surface area contributed by atoms with Gasteiger partial charge in [0.1, 0.15) is 5.75 Å². The van der Waals surface area contributed by atoms with Gasteiger partial charge in [0.05, 0.1) is 19.4 Å². The second-order valence-electron chi connectivity index (χ2n) is 3.89. The first kappa shape index (κ1) is 17.2. The summed E-state index contributed by atoms with van der Waals surface area (Å²) in [6.45, 7) is 0.173. The van der Waals surface area contributed by atoms with Crippen LogP contribution in [0.25, 0.3) is 0 Å². The van der Waals surface area contributed by atoms with E-state index in [0.29, 0.717) is 11.4 Å². The number of hydrogen-bond donors (Lipinski definition) is 2. The van der Waals surface area contributed by atoms with E-state index in [1.54, 1.807) is 18.2 Å². The molecule has 0 aromatic heterocycles. The molecule has 2 N–H and O–H groups in total. The average Bonchev–Trinajstić information content (AvgIpc) is 2.44. The molecule has 21 heavy (non-hydrogen) atoms. The Hall–Kier alpha value is -1.84. The molecular weight excluding hydrogens is 300 g/mol. The summed E-state index contributed by atoms with van der Waals surface area (Å²) < 4.78 is 42.4. The lowest BCUT2D eigenvalue weighted by atomic mass is 10.3. The number of ether oxygens (including phenoxy) is 3. The van der Waals surface area contributed by atoms with E-state index in [1.165, 1.54) is 20.3 Å². The van der Waals surface area contributed by atoms with Crippen molar-refractivity contribution in [2.45, 2.75) is 0 Å². The Bertz CT molecular complexity index is 561. The molecule has 0 aliphatic carbocycles. The van der Waals surface area contributed by atoms with Crippen LogP contribution in [0.15, 0.2) is 24.3 Å². The lowest BCUT2D eigenvalue weighted by Crippen LogP contribution is -2.32. The number of anilines is 1. The van der Waals surface area contributed by atoms with Crippen molar-refractivity contribution in [2.24, 2.45) is 0 Å². The minimum atomic E-state index is -3.69. The Morgan fingerprint density at radius 1 is 1.29 bits per heavy atom. The zero-order chi connectivity index (χ0) is 15.7. The van der Waals surface area contributed by atoms with E-state index in [2.05, 4.69) is 14.2 Å². The number of carbonyl (C=O) groups excluding carboxylic acids is 1. The fourth-order valence-corrected chi connectivity index (χ4v) is 2.18. The van der Waals surface area contributed by atoms with E-state index >= 15 is 0 Å². The highest BCUT2D eigenvalue weighted by Crippen LogP contribution is 2.18. The predicted molar refractivity (Wildman–Crippen MR) is 76.4 cm³/mol. The Morgan fingerprint density at radius 2 is 2.05 bits per heavy atom. The molecule has 118 valence electrons. The summed E-state index contributed by atoms with van der Waals surface area (Å²) in [6, 6.07) is 6.21. The minimum Gasteiger partial charge on any atom is -0.482 e. The van der Waals surface area contributed by atoms with Gasteiger partial charge in [-0.2, -0.15) is 13.1 Å². The van der Waals surface area contributed by atoms with Crippen LogP contribution in [-0.2, 0) is 24.5 Å². The van der Waals surface area contributed by atoms with Crippen LogP contribution in [0.2, 0.25) is 0 Å². The van der Waals surface area contributed by atoms with E-state index in [4.69, 9.17) is 9.47 Å². The molecule has 0 radical (unpaired) electrons. The quantitative estimate of drug-likeness (QED) is 0.495. The Kier molecular flexibility index (Phi) is 6.92. The van der Waals surface area contributed by atoms with Gasteiger partial charge in [-0.1, -0.05) is 6.07 Å². The fraction of sp³-hybridized carbons (Fsp3) is 0.417. The second-order valence-corrected chi connectivity index (χ2v) is 5.38. The summed E-state index contributed by atoms with van der Waals surface area (Å²) in [5.41, 5.74) is 0.308. The van der Waals surface area contributed by atoms with Gasteiger partial charge in [-0.05, 0) is 12.1 Å². The first-order valence-electron chi connectivity index (χ1n) is 6.03. The molecule has 8 nitrogen and oxygen atoms in total. The SMILES string of the molecule is COCCNS(=O)(=O)Nc1cccc(OCC(=O)OC)c1. The van der Waals surface area contributed by atoms with Crippen molar-refractivity contribution in [1.82, 2.24) is 4.72 Å². The van der Waals surface area contributed by atoms with Crippen LogP contribution in [0.3, 0.4) is 0 Å². The molecule has 1 aromatic rings. The third kappa shape index (κ3) is 6.93. The maximum Gasteiger partial charge on any atom is 0.343 e. The van der Waals surface area contributed by atoms with E-state index in [-0.39, 0.29) is 19.8 Å². The highest BCUT2D eigenvalue weighted by Gasteiger charge is 2.10. The van der Waals surface area contributed by atoms with E-state index in [9.17, 15) is 13.2 Å². The topological polar surface area (TPSA) is 103 Å². The third-order valence-corrected chi connectivity index (χ3v) is 3.36. The van der Waals surface area contributed by atoms with Gasteiger partial charge in [0.2, 0.25) is 0 Å². The Morgan fingerprint density at radius 3 is 2.71 bits per heavy atom. The van der Waals surface area contributed by atoms with Crippen molar-refractivity contribution in [2.75, 3.05) is 38.7 Å². The summed E-state index contributed by atoms with van der Waals surface area (Å²) in [7, 11) is -0.959. The molecule has 0 amide bonds. The lowest BCUT2D eigenvalue weighted by molar-refractivity contribution is -0.142. The third-order valence-electron chi connectivity index (χ3n) is 2.27. The molecular formula is C12H18N2O6S. The van der Waals surface area contributed by atoms with Crippen molar-refractivity contribution in [3.05, 3.63) is 24.3 Å². The molecule has 0 unspecified atom stereocenters. The second kappa shape index (κ2) is 8.45. The maximum atomic E-state index is 11.7. The van der Waals surface area contributed by atoms with Crippen molar-refractivity contribution < 1.29 is 27.4 Å². The number of hydrogen-bond acceptors (Lipinski definition) is 6. The number of carbonyl (C=O) groups is 1. The highest BCUT2D eigenvalue weighted by atomic mass is 32.2. The largest absolute Gasteiger partial charge is 0.482 e. The van der Waals surface area contributed by atoms with E-state index in [0.717, 1.165) is 0 Å². The molecule has 0 atom stereocenters. The van der Waals surface area contributed by atoms with Crippen molar-refractivity contribution in [1.29, 1.82) is 0 Å². The highest BCUT2D eigenvalue weighted by molar-refractivity contribution is 7.90. The van der Waals surface area contributed by atoms with Crippen LogP contribution in [0.1, 0.15) is 0 Å². The normalized spacial score (nSPS) is 11.0. The summed E-state index contributed by atoms with van der Waals surface area (Å²) in [5.74, 6) is -0.181. The van der Waals surface area contributed by atoms with Crippen LogP contribution in [0.4, 0.5) is 5.69 Å². The molecule has 1 rings (SSSR count). The van der Waals surface area contributed by atoms with E-state index in [1.807, 2.05) is 0 Å². The number of methoxy groups -OCH3 is 2. The summed E-state index contributed by atoms with van der Waals surface area (Å²) >= 11 is 0. The van der Waals surface area contributed by atoms with Crippen molar-refractivity contribution in [3.63, 3.8) is 0 Å². The number of rotatable bonds is 9. The van der Waals surface area contributed by atoms with Gasteiger partial charge in [-0.25, -0.2) is 4.79 Å². The average molecular weight is 318 g/mol. The zero-order valence-corrected chi connectivity index (χ0v) is 12.6. The molecule has 9 heteroatoms. The molecule has 0 heterocycles. The first-order chi connectivity index (χ1) is 9.96. The zero-order valence-electron chi connectivity index (χ0n) is 11.8. The first-order valence-corrected chi connectivity index (χ1v) is 7.51. The van der Waals surface area contributed by atoms with Crippen LogP contribution >= 0.6 is 0 Å². The van der Waals surface area contributed by atoms with Crippen molar-refractivity contribution >= 4 is 21.9 Å². The molecule has 0 bridgehead atoms. The van der Waals surface area contributed by atoms with Gasteiger partial charge in [0, 0.05) is 19.7 Å². The monoisotopic (exact) mass is 318 g/mol. The summed E-state index contributed by atoms with van der Waals surface area (Å²) in [6.07, 6.45) is 0. The molecule has 0 aliphatic rings. The van der Waals surface area contributed by atoms with Crippen LogP contribution in [0.5, 0.6) is 5.75 Å². The number of nitrogens with one attached hydrogen (secondary N) is 2. The predicted octanol–water partition coefficient (Wildman–Crippen LogP) is 0.131. The molecule has 0 saturated heterocycles. The minimum absolute atomic E-state index is 0.157. The maximum absolute atomic E-state index is 11.7. The summed E-state index contributed by atoms with van der Waals surface area (Å²) in [4.78, 5) is 11.0. The number of benzene rings is 1. The van der Waals surface area contributed by atoms with Crippen LogP contribution in [0, 0.1) is 0 Å². The van der Waals surface area contributed by atoms with Crippen LogP contribution in [-0.4, -0.2) is 48.4 Å². The smallest absolute Gasteiger partial charge is 0.343 e. The Balaban J connectivity index is 2.61. The molecule has 1 aromatic carbocycles.